The average Bonchev–Trinajstić information content (AvgIpc) is 2.55. The molecular weight excluding hydrogens is 314 g/mol. The van der Waals surface area contributed by atoms with E-state index in [1.165, 1.54) is 0 Å². The van der Waals surface area contributed by atoms with E-state index < -0.39 is 0 Å². The molecule has 1 heterocycles. The lowest BCUT2D eigenvalue weighted by Crippen LogP contribution is -2.02. The fourth-order valence-electron chi connectivity index (χ4n) is 1.96. The third kappa shape index (κ3) is 4.08. The monoisotopic (exact) mass is 327 g/mol. The summed E-state index contributed by atoms with van der Waals surface area (Å²) in [7, 11) is 1.62. The van der Waals surface area contributed by atoms with Crippen LogP contribution in [0.25, 0.3) is 0 Å². The fourth-order valence-corrected chi connectivity index (χ4v) is 2.15. The number of anilines is 4. The molecule has 7 heteroatoms. The number of hydrogen-bond donors (Lipinski definition) is 2. The number of nitrogens with one attached hydrogen (secondary N) is 2. The predicted molar refractivity (Wildman–Crippen MR) is 90.8 cm³/mol. The maximum absolute atomic E-state index is 5.96. The van der Waals surface area contributed by atoms with E-state index in [4.69, 9.17) is 16.3 Å². The molecule has 0 aliphatic carbocycles. The Morgan fingerprint density at radius 1 is 1.00 bits per heavy atom. The van der Waals surface area contributed by atoms with Gasteiger partial charge >= 0.3 is 0 Å². The van der Waals surface area contributed by atoms with Gasteiger partial charge in [-0.3, -0.25) is 0 Å². The van der Waals surface area contributed by atoms with Crippen LogP contribution in [0.15, 0.2) is 54.7 Å². The van der Waals surface area contributed by atoms with E-state index in [0.717, 1.165) is 17.1 Å². The Morgan fingerprint density at radius 3 is 2.57 bits per heavy atom. The van der Waals surface area contributed by atoms with Gasteiger partial charge in [0.25, 0.3) is 0 Å². The number of rotatable bonds is 5. The Morgan fingerprint density at radius 2 is 1.78 bits per heavy atom. The van der Waals surface area contributed by atoms with Gasteiger partial charge in [-0.15, -0.1) is 5.10 Å². The second kappa shape index (κ2) is 6.93. The SMILES string of the molecule is COc1cccc(Nc2cnnc(Nc3cccc(Cl)c3)n2)c1. The first kappa shape index (κ1) is 15.1. The minimum Gasteiger partial charge on any atom is -0.497 e. The van der Waals surface area contributed by atoms with Crippen LogP contribution in [0.3, 0.4) is 0 Å². The molecule has 0 unspecified atom stereocenters. The summed E-state index contributed by atoms with van der Waals surface area (Å²) >= 11 is 5.96. The Labute approximate surface area is 138 Å². The second-order valence-electron chi connectivity index (χ2n) is 4.66. The van der Waals surface area contributed by atoms with Crippen LogP contribution in [0.5, 0.6) is 5.75 Å². The smallest absolute Gasteiger partial charge is 0.249 e. The molecule has 23 heavy (non-hydrogen) atoms. The van der Waals surface area contributed by atoms with E-state index in [2.05, 4.69) is 25.8 Å². The molecule has 3 aromatic rings. The van der Waals surface area contributed by atoms with Crippen molar-refractivity contribution in [1.29, 1.82) is 0 Å². The van der Waals surface area contributed by atoms with Crippen LogP contribution < -0.4 is 15.4 Å². The van der Waals surface area contributed by atoms with Gasteiger partial charge in [-0.2, -0.15) is 10.1 Å². The van der Waals surface area contributed by atoms with Crippen molar-refractivity contribution in [2.24, 2.45) is 0 Å². The van der Waals surface area contributed by atoms with Crippen molar-refractivity contribution in [2.45, 2.75) is 0 Å². The van der Waals surface area contributed by atoms with Crippen LogP contribution in [0, 0.1) is 0 Å². The standard InChI is InChI=1S/C16H14ClN5O/c1-23-14-7-3-6-13(9-14)19-15-10-18-22-16(21-15)20-12-5-2-4-11(17)8-12/h2-10H,1H3,(H2,19,20,21,22). The lowest BCUT2D eigenvalue weighted by atomic mass is 10.3. The number of hydrogen-bond acceptors (Lipinski definition) is 6. The summed E-state index contributed by atoms with van der Waals surface area (Å²) in [6, 6.07) is 14.8. The number of ether oxygens (including phenoxy) is 1. The van der Waals surface area contributed by atoms with Crippen molar-refractivity contribution in [3.63, 3.8) is 0 Å². The topological polar surface area (TPSA) is 72.0 Å². The quantitative estimate of drug-likeness (QED) is 0.737. The van der Waals surface area contributed by atoms with E-state index in [9.17, 15) is 0 Å². The van der Waals surface area contributed by atoms with Gasteiger partial charge in [-0.1, -0.05) is 23.7 Å². The maximum Gasteiger partial charge on any atom is 0.249 e. The summed E-state index contributed by atoms with van der Waals surface area (Å²) in [6.45, 7) is 0. The molecular formula is C16H14ClN5O. The summed E-state index contributed by atoms with van der Waals surface area (Å²) in [5.74, 6) is 1.70. The minimum atomic E-state index is 0.375. The number of benzene rings is 2. The Hall–Kier alpha value is -2.86. The third-order valence-electron chi connectivity index (χ3n) is 2.98. The van der Waals surface area contributed by atoms with Crippen molar-refractivity contribution in [1.82, 2.24) is 15.2 Å². The van der Waals surface area contributed by atoms with E-state index in [0.29, 0.717) is 16.8 Å². The first-order valence-electron chi connectivity index (χ1n) is 6.86. The average molecular weight is 328 g/mol. The molecule has 0 saturated carbocycles. The van der Waals surface area contributed by atoms with Gasteiger partial charge in [-0.05, 0) is 30.3 Å². The predicted octanol–water partition coefficient (Wildman–Crippen LogP) is 4.02. The maximum atomic E-state index is 5.96. The highest BCUT2D eigenvalue weighted by molar-refractivity contribution is 6.30. The first-order chi connectivity index (χ1) is 11.2. The summed E-state index contributed by atoms with van der Waals surface area (Å²) < 4.78 is 5.19. The van der Waals surface area contributed by atoms with Gasteiger partial charge in [0.1, 0.15) is 5.75 Å². The van der Waals surface area contributed by atoms with E-state index >= 15 is 0 Å². The Balaban J connectivity index is 1.76. The van der Waals surface area contributed by atoms with Gasteiger partial charge in [0.05, 0.1) is 13.3 Å². The molecule has 0 aliphatic rings. The van der Waals surface area contributed by atoms with Gasteiger partial charge in [0.2, 0.25) is 5.95 Å². The normalized spacial score (nSPS) is 10.2. The van der Waals surface area contributed by atoms with Gasteiger partial charge < -0.3 is 15.4 Å². The van der Waals surface area contributed by atoms with Crippen LogP contribution in [-0.4, -0.2) is 22.3 Å². The number of methoxy groups -OCH3 is 1. The van der Waals surface area contributed by atoms with Crippen molar-refractivity contribution < 1.29 is 4.74 Å². The van der Waals surface area contributed by atoms with Gasteiger partial charge in [0.15, 0.2) is 5.82 Å². The molecule has 0 radical (unpaired) electrons. The van der Waals surface area contributed by atoms with Gasteiger partial charge in [0, 0.05) is 22.5 Å². The second-order valence-corrected chi connectivity index (χ2v) is 5.09. The molecule has 2 N–H and O–H groups in total. The molecule has 2 aromatic carbocycles. The lowest BCUT2D eigenvalue weighted by molar-refractivity contribution is 0.415. The van der Waals surface area contributed by atoms with Crippen LogP contribution in [-0.2, 0) is 0 Å². The van der Waals surface area contributed by atoms with Crippen LogP contribution in [0.2, 0.25) is 5.02 Å². The number of nitrogens with zero attached hydrogens (tertiary/aromatic N) is 3. The van der Waals surface area contributed by atoms with E-state index in [1.807, 2.05) is 36.4 Å². The molecule has 116 valence electrons. The van der Waals surface area contributed by atoms with Crippen molar-refractivity contribution in [3.8, 4) is 5.75 Å². The van der Waals surface area contributed by atoms with Crippen LogP contribution in [0.1, 0.15) is 0 Å². The highest BCUT2D eigenvalue weighted by Gasteiger charge is 2.03. The molecule has 6 nitrogen and oxygen atoms in total. The molecule has 0 fully saturated rings. The minimum absolute atomic E-state index is 0.375. The van der Waals surface area contributed by atoms with Crippen LogP contribution in [0.4, 0.5) is 23.1 Å². The van der Waals surface area contributed by atoms with E-state index in [1.54, 1.807) is 25.4 Å². The van der Waals surface area contributed by atoms with Crippen LogP contribution >= 0.6 is 11.6 Å². The number of halogens is 1. The largest absolute Gasteiger partial charge is 0.497 e. The summed E-state index contributed by atoms with van der Waals surface area (Å²) in [6.07, 6.45) is 1.54. The number of aromatic nitrogens is 3. The molecule has 0 bridgehead atoms. The van der Waals surface area contributed by atoms with Gasteiger partial charge in [-0.25, -0.2) is 0 Å². The van der Waals surface area contributed by atoms with Crippen molar-refractivity contribution in [2.75, 3.05) is 17.7 Å². The third-order valence-corrected chi connectivity index (χ3v) is 3.22. The lowest BCUT2D eigenvalue weighted by Gasteiger charge is -2.08. The molecule has 0 saturated heterocycles. The molecule has 0 amide bonds. The Bertz CT molecular complexity index is 812. The summed E-state index contributed by atoms with van der Waals surface area (Å²) in [5.41, 5.74) is 1.64. The van der Waals surface area contributed by atoms with Crippen molar-refractivity contribution in [3.05, 3.63) is 59.8 Å². The highest BCUT2D eigenvalue weighted by atomic mass is 35.5. The molecule has 1 aromatic heterocycles. The zero-order valence-corrected chi connectivity index (χ0v) is 13.1. The summed E-state index contributed by atoms with van der Waals surface area (Å²) in [5, 5.41) is 14.7. The van der Waals surface area contributed by atoms with E-state index in [-0.39, 0.29) is 0 Å². The fraction of sp³-hybridized carbons (Fsp3) is 0.0625. The summed E-state index contributed by atoms with van der Waals surface area (Å²) in [4.78, 5) is 4.37. The molecule has 0 atom stereocenters. The zero-order valence-electron chi connectivity index (χ0n) is 12.3. The van der Waals surface area contributed by atoms with Crippen molar-refractivity contribution >= 4 is 34.7 Å². The zero-order chi connectivity index (χ0) is 16.1. The highest BCUT2D eigenvalue weighted by Crippen LogP contribution is 2.21. The Kier molecular flexibility index (Phi) is 4.54. The molecule has 0 aliphatic heterocycles. The first-order valence-corrected chi connectivity index (χ1v) is 7.24. The molecule has 0 spiro atoms. The molecule has 3 rings (SSSR count).